The molecule has 1 N–H and O–H groups in total. The van der Waals surface area contributed by atoms with Crippen LogP contribution in [0.4, 0.5) is 0 Å². The summed E-state index contributed by atoms with van der Waals surface area (Å²) in [6, 6.07) is 9.98. The summed E-state index contributed by atoms with van der Waals surface area (Å²) in [5.74, 6) is 0.989. The molecule has 0 amide bonds. The zero-order valence-electron chi connectivity index (χ0n) is 11.3. The quantitative estimate of drug-likeness (QED) is 0.774. The maximum absolute atomic E-state index is 5.62. The Kier molecular flexibility index (Phi) is 3.10. The largest absolute Gasteiger partial charge is 0.366 e. The van der Waals surface area contributed by atoms with Crippen molar-refractivity contribution in [3.8, 4) is 11.5 Å². The molecule has 1 aliphatic heterocycles. The van der Waals surface area contributed by atoms with Crippen molar-refractivity contribution in [3.05, 3.63) is 42.4 Å². The number of nitrogens with one attached hydrogen (secondary N) is 1. The van der Waals surface area contributed by atoms with Crippen molar-refractivity contribution in [2.24, 2.45) is 0 Å². The van der Waals surface area contributed by atoms with Crippen LogP contribution in [0.5, 0.6) is 0 Å². The van der Waals surface area contributed by atoms with E-state index in [0.29, 0.717) is 24.9 Å². The summed E-state index contributed by atoms with van der Waals surface area (Å²) >= 11 is 0. The lowest BCUT2D eigenvalue weighted by Gasteiger charge is -2.19. The number of ether oxygens (including phenoxy) is 1. The van der Waals surface area contributed by atoms with Gasteiger partial charge in [-0.15, -0.1) is 0 Å². The molecule has 1 fully saturated rings. The van der Waals surface area contributed by atoms with E-state index < -0.39 is 0 Å². The van der Waals surface area contributed by atoms with E-state index in [4.69, 9.17) is 9.26 Å². The highest BCUT2D eigenvalue weighted by Crippen LogP contribution is 2.26. The van der Waals surface area contributed by atoms with E-state index in [2.05, 4.69) is 20.4 Å². The summed E-state index contributed by atoms with van der Waals surface area (Å²) in [6.07, 6.45) is 1.57. The normalized spacial score (nSPS) is 19.0. The van der Waals surface area contributed by atoms with E-state index in [1.165, 1.54) is 0 Å². The van der Waals surface area contributed by atoms with Crippen LogP contribution < -0.4 is 5.32 Å². The van der Waals surface area contributed by atoms with Crippen molar-refractivity contribution in [1.29, 1.82) is 0 Å². The van der Waals surface area contributed by atoms with Gasteiger partial charge in [-0.1, -0.05) is 29.4 Å². The Balaban J connectivity index is 1.74. The minimum atomic E-state index is -0.185. The first-order chi connectivity index (χ1) is 10.4. The molecule has 0 bridgehead atoms. The molecule has 6 heteroatoms. The highest BCUT2D eigenvalue weighted by Gasteiger charge is 2.23. The van der Waals surface area contributed by atoms with Crippen LogP contribution in [-0.4, -0.2) is 34.8 Å². The van der Waals surface area contributed by atoms with Gasteiger partial charge >= 0.3 is 0 Å². The number of nitrogens with zero attached hydrogens (tertiary/aromatic N) is 3. The molecule has 0 unspecified atom stereocenters. The van der Waals surface area contributed by atoms with E-state index in [-0.39, 0.29) is 6.10 Å². The molecule has 3 aromatic rings. The second kappa shape index (κ2) is 5.23. The van der Waals surface area contributed by atoms with Gasteiger partial charge in [-0.3, -0.25) is 4.98 Å². The number of rotatable bonds is 2. The van der Waals surface area contributed by atoms with Gasteiger partial charge < -0.3 is 14.6 Å². The van der Waals surface area contributed by atoms with Gasteiger partial charge in [0.15, 0.2) is 0 Å². The van der Waals surface area contributed by atoms with Crippen molar-refractivity contribution in [2.75, 3.05) is 19.7 Å². The fourth-order valence-corrected chi connectivity index (χ4v) is 2.48. The van der Waals surface area contributed by atoms with Crippen LogP contribution in [0.25, 0.3) is 22.3 Å². The Labute approximate surface area is 121 Å². The molecular formula is C15H14N4O2. The molecule has 21 heavy (non-hydrogen) atoms. The lowest BCUT2D eigenvalue weighted by Crippen LogP contribution is -2.33. The average Bonchev–Trinajstić information content (AvgIpc) is 3.05. The number of benzene rings is 1. The molecule has 106 valence electrons. The van der Waals surface area contributed by atoms with Crippen molar-refractivity contribution in [3.63, 3.8) is 0 Å². The summed E-state index contributed by atoms with van der Waals surface area (Å²) in [7, 11) is 0. The highest BCUT2D eigenvalue weighted by molar-refractivity contribution is 5.92. The molecule has 1 saturated heterocycles. The van der Waals surface area contributed by atoms with Crippen LogP contribution in [-0.2, 0) is 4.74 Å². The number of morpholine rings is 1. The lowest BCUT2D eigenvalue weighted by atomic mass is 10.1. The molecule has 0 spiro atoms. The summed E-state index contributed by atoms with van der Waals surface area (Å²) < 4.78 is 11.0. The third kappa shape index (κ3) is 2.28. The molecule has 1 aliphatic rings. The van der Waals surface area contributed by atoms with Crippen LogP contribution in [0.15, 0.2) is 41.1 Å². The van der Waals surface area contributed by atoms with Crippen molar-refractivity contribution in [1.82, 2.24) is 20.4 Å². The predicted octanol–water partition coefficient (Wildman–Crippen LogP) is 1.95. The Morgan fingerprint density at radius 2 is 2.14 bits per heavy atom. The molecule has 2 aromatic heterocycles. The van der Waals surface area contributed by atoms with E-state index in [0.717, 1.165) is 23.0 Å². The topological polar surface area (TPSA) is 73.1 Å². The number of aromatic nitrogens is 3. The SMILES string of the molecule is c1ccc2c(-c3noc([C@H]4CNCCO4)n3)nccc2c1. The molecule has 3 heterocycles. The molecule has 1 aromatic carbocycles. The first-order valence-electron chi connectivity index (χ1n) is 6.92. The third-order valence-electron chi connectivity index (χ3n) is 3.53. The second-order valence-corrected chi connectivity index (χ2v) is 4.90. The maximum atomic E-state index is 5.62. The van der Waals surface area contributed by atoms with E-state index in [1.54, 1.807) is 6.20 Å². The lowest BCUT2D eigenvalue weighted by molar-refractivity contribution is 0.00755. The monoisotopic (exact) mass is 282 g/mol. The number of fused-ring (bicyclic) bond motifs is 1. The molecule has 1 atom stereocenters. The Hall–Kier alpha value is -2.31. The number of hydrogen-bond donors (Lipinski definition) is 1. The van der Waals surface area contributed by atoms with Crippen LogP contribution >= 0.6 is 0 Å². The fraction of sp³-hybridized carbons (Fsp3) is 0.267. The molecule has 0 radical (unpaired) electrons. The van der Waals surface area contributed by atoms with E-state index in [1.807, 2.05) is 30.3 Å². The van der Waals surface area contributed by atoms with Gasteiger partial charge in [-0.25, -0.2) is 0 Å². The Morgan fingerprint density at radius 3 is 3.05 bits per heavy atom. The minimum Gasteiger partial charge on any atom is -0.366 e. The summed E-state index contributed by atoms with van der Waals surface area (Å²) in [5, 5.41) is 9.41. The van der Waals surface area contributed by atoms with Crippen molar-refractivity contribution < 1.29 is 9.26 Å². The molecule has 0 aliphatic carbocycles. The van der Waals surface area contributed by atoms with Gasteiger partial charge in [0.05, 0.1) is 6.61 Å². The fourth-order valence-electron chi connectivity index (χ4n) is 2.48. The van der Waals surface area contributed by atoms with Crippen LogP contribution in [0.1, 0.15) is 12.0 Å². The number of pyridine rings is 1. The summed E-state index contributed by atoms with van der Waals surface area (Å²) in [5.41, 5.74) is 0.729. The Morgan fingerprint density at radius 1 is 1.19 bits per heavy atom. The zero-order chi connectivity index (χ0) is 14.1. The highest BCUT2D eigenvalue weighted by atomic mass is 16.5. The molecule has 6 nitrogen and oxygen atoms in total. The standard InChI is InChI=1S/C15H14N4O2/c1-2-4-11-10(3-1)5-6-17-13(11)14-18-15(21-19-14)12-9-16-7-8-20-12/h1-6,12,16H,7-9H2/t12-/m1/s1. The summed E-state index contributed by atoms with van der Waals surface area (Å²) in [6.45, 7) is 2.18. The summed E-state index contributed by atoms with van der Waals surface area (Å²) in [4.78, 5) is 8.84. The van der Waals surface area contributed by atoms with Gasteiger partial charge in [0.1, 0.15) is 11.8 Å². The second-order valence-electron chi connectivity index (χ2n) is 4.90. The smallest absolute Gasteiger partial charge is 0.257 e. The first kappa shape index (κ1) is 12.4. The maximum Gasteiger partial charge on any atom is 0.257 e. The van der Waals surface area contributed by atoms with Crippen LogP contribution in [0.3, 0.4) is 0 Å². The third-order valence-corrected chi connectivity index (χ3v) is 3.53. The predicted molar refractivity (Wildman–Crippen MR) is 76.6 cm³/mol. The molecular weight excluding hydrogens is 268 g/mol. The van der Waals surface area contributed by atoms with Gasteiger partial charge in [0.2, 0.25) is 5.82 Å². The van der Waals surface area contributed by atoms with Crippen molar-refractivity contribution >= 4 is 10.8 Å². The van der Waals surface area contributed by atoms with Crippen LogP contribution in [0, 0.1) is 0 Å². The van der Waals surface area contributed by atoms with Gasteiger partial charge in [-0.05, 0) is 11.5 Å². The first-order valence-corrected chi connectivity index (χ1v) is 6.92. The molecule has 4 rings (SSSR count). The van der Waals surface area contributed by atoms with Gasteiger partial charge in [0.25, 0.3) is 5.89 Å². The van der Waals surface area contributed by atoms with E-state index >= 15 is 0 Å². The Bertz CT molecular complexity index is 760. The van der Waals surface area contributed by atoms with Crippen LogP contribution in [0.2, 0.25) is 0 Å². The zero-order valence-corrected chi connectivity index (χ0v) is 11.3. The minimum absolute atomic E-state index is 0.185. The van der Waals surface area contributed by atoms with Crippen molar-refractivity contribution in [2.45, 2.75) is 6.10 Å². The van der Waals surface area contributed by atoms with Gasteiger partial charge in [0, 0.05) is 24.7 Å². The van der Waals surface area contributed by atoms with E-state index in [9.17, 15) is 0 Å². The average molecular weight is 282 g/mol. The molecule has 0 saturated carbocycles. The number of hydrogen-bond acceptors (Lipinski definition) is 6. The van der Waals surface area contributed by atoms with Gasteiger partial charge in [-0.2, -0.15) is 4.98 Å².